The molecule has 0 bridgehead atoms. The summed E-state index contributed by atoms with van der Waals surface area (Å²) in [5.74, 6) is -0.140. The van der Waals surface area contributed by atoms with Crippen molar-refractivity contribution in [2.75, 3.05) is 13.2 Å². The molecule has 19 heavy (non-hydrogen) atoms. The average molecular weight is 263 g/mol. The zero-order valence-corrected chi connectivity index (χ0v) is 11.0. The average Bonchev–Trinajstić information content (AvgIpc) is 2.83. The monoisotopic (exact) mass is 263 g/mol. The fraction of sp³-hybridized carbons (Fsp3) is 0.615. The second-order valence-electron chi connectivity index (χ2n) is 4.96. The summed E-state index contributed by atoms with van der Waals surface area (Å²) in [6.07, 6.45) is 1.52. The van der Waals surface area contributed by atoms with E-state index >= 15 is 0 Å². The molecule has 0 saturated carbocycles. The van der Waals surface area contributed by atoms with Gasteiger partial charge < -0.3 is 4.74 Å². The Morgan fingerprint density at radius 3 is 3.00 bits per heavy atom. The maximum atomic E-state index is 11.8. The van der Waals surface area contributed by atoms with E-state index in [1.165, 1.54) is 4.68 Å². The third kappa shape index (κ3) is 2.16. The van der Waals surface area contributed by atoms with Crippen molar-refractivity contribution in [1.82, 2.24) is 14.7 Å². The summed E-state index contributed by atoms with van der Waals surface area (Å²) in [6, 6.07) is 1.50. The molecule has 2 aliphatic heterocycles. The van der Waals surface area contributed by atoms with Crippen LogP contribution in [0.2, 0.25) is 0 Å². The van der Waals surface area contributed by atoms with E-state index in [1.807, 2.05) is 6.92 Å². The van der Waals surface area contributed by atoms with Gasteiger partial charge in [0.25, 0.3) is 5.56 Å². The highest BCUT2D eigenvalue weighted by molar-refractivity contribution is 5.77. The molecule has 0 N–H and O–H groups in total. The standard InChI is InChI=1S/C13H17N3O3/c1-2-16-12(17)7-9-8-15(5-3-10(9)14-16)11-4-6-19-13(11)18/h7,11H,2-6,8H2,1H3. The maximum Gasteiger partial charge on any atom is 0.323 e. The van der Waals surface area contributed by atoms with Gasteiger partial charge in [0.1, 0.15) is 6.04 Å². The second-order valence-corrected chi connectivity index (χ2v) is 4.96. The molecule has 0 aliphatic carbocycles. The van der Waals surface area contributed by atoms with Crippen LogP contribution in [0, 0.1) is 0 Å². The van der Waals surface area contributed by atoms with Gasteiger partial charge in [0.15, 0.2) is 0 Å². The molecule has 0 amide bonds. The number of rotatable bonds is 2. The Hall–Kier alpha value is -1.69. The van der Waals surface area contributed by atoms with Crippen LogP contribution in [0.1, 0.15) is 24.6 Å². The lowest BCUT2D eigenvalue weighted by atomic mass is 10.0. The van der Waals surface area contributed by atoms with Crippen molar-refractivity contribution in [3.8, 4) is 0 Å². The van der Waals surface area contributed by atoms with Gasteiger partial charge in [-0.05, 0) is 12.5 Å². The highest BCUT2D eigenvalue weighted by Crippen LogP contribution is 2.22. The molecule has 2 aliphatic rings. The molecule has 0 radical (unpaired) electrons. The molecule has 1 atom stereocenters. The van der Waals surface area contributed by atoms with Gasteiger partial charge >= 0.3 is 5.97 Å². The number of carbonyl (C=O) groups is 1. The Balaban J connectivity index is 1.86. The van der Waals surface area contributed by atoms with Gasteiger partial charge in [0.2, 0.25) is 0 Å². The molecule has 3 rings (SSSR count). The number of esters is 1. The third-order valence-corrected chi connectivity index (χ3v) is 3.82. The van der Waals surface area contributed by atoms with Gasteiger partial charge in [-0.3, -0.25) is 14.5 Å². The second kappa shape index (κ2) is 4.77. The minimum atomic E-state index is -0.151. The zero-order valence-electron chi connectivity index (χ0n) is 11.0. The van der Waals surface area contributed by atoms with E-state index in [-0.39, 0.29) is 17.6 Å². The first-order chi connectivity index (χ1) is 9.19. The van der Waals surface area contributed by atoms with Crippen molar-refractivity contribution in [3.05, 3.63) is 27.7 Å². The van der Waals surface area contributed by atoms with Gasteiger partial charge in [-0.25, -0.2) is 4.68 Å². The smallest absolute Gasteiger partial charge is 0.323 e. The number of cyclic esters (lactones) is 1. The number of ether oxygens (including phenoxy) is 1. The van der Waals surface area contributed by atoms with E-state index < -0.39 is 0 Å². The Labute approximate surface area is 111 Å². The number of aromatic nitrogens is 2. The molecule has 6 heteroatoms. The molecule has 6 nitrogen and oxygen atoms in total. The molecule has 1 unspecified atom stereocenters. The first-order valence-electron chi connectivity index (χ1n) is 6.69. The van der Waals surface area contributed by atoms with Gasteiger partial charge in [-0.1, -0.05) is 0 Å². The summed E-state index contributed by atoms with van der Waals surface area (Å²) in [4.78, 5) is 25.5. The van der Waals surface area contributed by atoms with Crippen molar-refractivity contribution < 1.29 is 9.53 Å². The first kappa shape index (κ1) is 12.3. The molecular weight excluding hydrogens is 246 g/mol. The number of fused-ring (bicyclic) bond motifs is 1. The molecule has 0 aromatic carbocycles. The lowest BCUT2D eigenvalue weighted by Gasteiger charge is -2.30. The molecule has 0 spiro atoms. The molecule has 1 aromatic rings. The van der Waals surface area contributed by atoms with Crippen LogP contribution >= 0.6 is 0 Å². The van der Waals surface area contributed by atoms with Crippen molar-refractivity contribution >= 4 is 5.97 Å². The van der Waals surface area contributed by atoms with Crippen LogP contribution in [0.4, 0.5) is 0 Å². The fourth-order valence-corrected chi connectivity index (χ4v) is 2.77. The molecule has 3 heterocycles. The summed E-state index contributed by atoms with van der Waals surface area (Å²) in [5, 5.41) is 4.37. The SMILES string of the molecule is CCn1nc2c(cc1=O)CN(C1CCOC1=O)CC2. The number of carbonyl (C=O) groups excluding carboxylic acids is 1. The van der Waals surface area contributed by atoms with E-state index in [2.05, 4.69) is 10.00 Å². The number of nitrogens with zero attached hydrogens (tertiary/aromatic N) is 3. The van der Waals surface area contributed by atoms with Crippen molar-refractivity contribution in [1.29, 1.82) is 0 Å². The molecule has 1 fully saturated rings. The lowest BCUT2D eigenvalue weighted by molar-refractivity contribution is -0.142. The van der Waals surface area contributed by atoms with Crippen molar-refractivity contribution in [2.45, 2.75) is 38.9 Å². The highest BCUT2D eigenvalue weighted by Gasteiger charge is 2.34. The first-order valence-corrected chi connectivity index (χ1v) is 6.69. The summed E-state index contributed by atoms with van der Waals surface area (Å²) in [7, 11) is 0. The third-order valence-electron chi connectivity index (χ3n) is 3.82. The van der Waals surface area contributed by atoms with Gasteiger partial charge in [0.05, 0.1) is 12.3 Å². The number of hydrogen-bond acceptors (Lipinski definition) is 5. The van der Waals surface area contributed by atoms with Gasteiger partial charge in [0, 0.05) is 38.5 Å². The largest absolute Gasteiger partial charge is 0.464 e. The Bertz CT molecular complexity index is 567. The van der Waals surface area contributed by atoms with Crippen LogP contribution in [-0.4, -0.2) is 39.8 Å². The van der Waals surface area contributed by atoms with E-state index in [0.29, 0.717) is 19.7 Å². The van der Waals surface area contributed by atoms with E-state index in [0.717, 1.165) is 30.6 Å². The predicted octanol–water partition coefficient (Wildman–Crippen LogP) is -0.0632. The minimum absolute atomic E-state index is 0.0721. The van der Waals surface area contributed by atoms with Crippen LogP contribution in [0.5, 0.6) is 0 Å². The predicted molar refractivity (Wildman–Crippen MR) is 67.6 cm³/mol. The molecule has 102 valence electrons. The molecular formula is C13H17N3O3. The maximum absolute atomic E-state index is 11.8. The Kier molecular flexibility index (Phi) is 3.10. The highest BCUT2D eigenvalue weighted by atomic mass is 16.5. The van der Waals surface area contributed by atoms with Crippen LogP contribution < -0.4 is 5.56 Å². The van der Waals surface area contributed by atoms with Gasteiger partial charge in [-0.15, -0.1) is 0 Å². The zero-order chi connectivity index (χ0) is 13.4. The van der Waals surface area contributed by atoms with Crippen molar-refractivity contribution in [3.63, 3.8) is 0 Å². The summed E-state index contributed by atoms with van der Waals surface area (Å²) < 4.78 is 6.49. The number of hydrogen-bond donors (Lipinski definition) is 0. The Morgan fingerprint density at radius 1 is 1.47 bits per heavy atom. The van der Waals surface area contributed by atoms with Crippen LogP contribution in [0.3, 0.4) is 0 Å². The lowest BCUT2D eigenvalue weighted by Crippen LogP contribution is -2.43. The molecule has 1 saturated heterocycles. The minimum Gasteiger partial charge on any atom is -0.464 e. The van der Waals surface area contributed by atoms with Crippen LogP contribution in [0.25, 0.3) is 0 Å². The van der Waals surface area contributed by atoms with Crippen LogP contribution in [-0.2, 0) is 29.0 Å². The Morgan fingerprint density at radius 2 is 2.32 bits per heavy atom. The summed E-state index contributed by atoms with van der Waals surface area (Å²) in [6.45, 7) is 4.40. The van der Waals surface area contributed by atoms with E-state index in [9.17, 15) is 9.59 Å². The fourth-order valence-electron chi connectivity index (χ4n) is 2.77. The normalized spacial score (nSPS) is 23.2. The summed E-state index contributed by atoms with van der Waals surface area (Å²) >= 11 is 0. The van der Waals surface area contributed by atoms with E-state index in [4.69, 9.17) is 4.74 Å². The van der Waals surface area contributed by atoms with Crippen molar-refractivity contribution in [2.24, 2.45) is 0 Å². The molecule has 1 aromatic heterocycles. The topological polar surface area (TPSA) is 64.4 Å². The quantitative estimate of drug-likeness (QED) is 0.699. The number of aryl methyl sites for hydroxylation is 1. The van der Waals surface area contributed by atoms with E-state index in [1.54, 1.807) is 6.07 Å². The summed E-state index contributed by atoms with van der Waals surface area (Å²) in [5.41, 5.74) is 1.85. The van der Waals surface area contributed by atoms with Crippen LogP contribution in [0.15, 0.2) is 10.9 Å². The van der Waals surface area contributed by atoms with Gasteiger partial charge in [-0.2, -0.15) is 5.10 Å².